The van der Waals surface area contributed by atoms with Gasteiger partial charge in [-0.1, -0.05) is 6.07 Å². The van der Waals surface area contributed by atoms with Crippen molar-refractivity contribution in [2.75, 3.05) is 5.32 Å². The molecule has 2 aromatic rings. The minimum atomic E-state index is -1.02. The normalized spacial score (nSPS) is 10.7. The summed E-state index contributed by atoms with van der Waals surface area (Å²) in [5.74, 6) is -0.812. The maximum absolute atomic E-state index is 11.8. The monoisotopic (exact) mass is 271 g/mol. The van der Waals surface area contributed by atoms with Crippen LogP contribution in [0.2, 0.25) is 0 Å². The summed E-state index contributed by atoms with van der Waals surface area (Å²) in [6.07, 6.45) is 4.37. The van der Waals surface area contributed by atoms with Crippen LogP contribution in [0, 0.1) is 6.92 Å². The smallest absolute Gasteiger partial charge is 0.336 e. The molecule has 1 aromatic heterocycles. The topological polar surface area (TPSA) is 79.5 Å². The van der Waals surface area contributed by atoms with E-state index in [-0.39, 0.29) is 11.5 Å². The van der Waals surface area contributed by atoms with Gasteiger partial charge in [0, 0.05) is 11.8 Å². The molecule has 5 nitrogen and oxygen atoms in total. The van der Waals surface area contributed by atoms with Crippen LogP contribution in [0.5, 0.6) is 0 Å². The predicted molar refractivity (Wildman–Crippen MR) is 74.5 cm³/mol. The summed E-state index contributed by atoms with van der Waals surface area (Å²) in [5.41, 5.74) is 1.15. The molecule has 0 unspecified atom stereocenters. The summed E-state index contributed by atoms with van der Waals surface area (Å²) in [7, 11) is 0. The predicted octanol–water partition coefficient (Wildman–Crippen LogP) is 2.94. The van der Waals surface area contributed by atoms with E-state index in [1.54, 1.807) is 31.2 Å². The summed E-state index contributed by atoms with van der Waals surface area (Å²) in [5, 5.41) is 11.7. The molecule has 102 valence electrons. The molecule has 5 heteroatoms. The minimum Gasteiger partial charge on any atom is -0.478 e. The van der Waals surface area contributed by atoms with E-state index in [9.17, 15) is 9.59 Å². The van der Waals surface area contributed by atoms with E-state index in [2.05, 4.69) is 5.32 Å². The van der Waals surface area contributed by atoms with Crippen molar-refractivity contribution < 1.29 is 19.1 Å². The molecule has 20 heavy (non-hydrogen) atoms. The SMILES string of the molecule is Cc1c(NC(=O)/C=C/c2ccco2)cccc1C(=O)O. The molecule has 0 aliphatic heterocycles. The largest absolute Gasteiger partial charge is 0.478 e. The highest BCUT2D eigenvalue weighted by Crippen LogP contribution is 2.19. The van der Waals surface area contributed by atoms with Gasteiger partial charge in [0.25, 0.3) is 0 Å². The first kappa shape index (κ1) is 13.6. The number of anilines is 1. The second-order valence-electron chi connectivity index (χ2n) is 4.12. The number of furan rings is 1. The molecule has 0 saturated heterocycles. The van der Waals surface area contributed by atoms with Crippen molar-refractivity contribution in [3.8, 4) is 0 Å². The fraction of sp³-hybridized carbons (Fsp3) is 0.0667. The van der Waals surface area contributed by atoms with E-state index in [4.69, 9.17) is 9.52 Å². The number of hydrogen-bond acceptors (Lipinski definition) is 3. The zero-order valence-corrected chi connectivity index (χ0v) is 10.8. The van der Waals surface area contributed by atoms with E-state index in [1.807, 2.05) is 0 Å². The van der Waals surface area contributed by atoms with Crippen LogP contribution in [0.4, 0.5) is 5.69 Å². The van der Waals surface area contributed by atoms with Gasteiger partial charge in [-0.05, 0) is 42.8 Å². The van der Waals surface area contributed by atoms with Crippen molar-refractivity contribution in [1.29, 1.82) is 0 Å². The van der Waals surface area contributed by atoms with Crippen molar-refractivity contribution in [3.05, 3.63) is 59.6 Å². The molecule has 0 saturated carbocycles. The van der Waals surface area contributed by atoms with Gasteiger partial charge in [-0.2, -0.15) is 0 Å². The standard InChI is InChI=1S/C15H13NO4/c1-10-12(15(18)19)5-2-6-13(10)16-14(17)8-7-11-4-3-9-20-11/h2-9H,1H3,(H,16,17)(H,18,19)/b8-7+. The van der Waals surface area contributed by atoms with E-state index < -0.39 is 5.97 Å². The fourth-order valence-corrected chi connectivity index (χ4v) is 1.72. The van der Waals surface area contributed by atoms with Crippen LogP contribution in [-0.2, 0) is 4.79 Å². The van der Waals surface area contributed by atoms with Crippen molar-refractivity contribution in [2.45, 2.75) is 6.92 Å². The van der Waals surface area contributed by atoms with Crippen molar-refractivity contribution in [2.24, 2.45) is 0 Å². The van der Waals surface area contributed by atoms with Crippen molar-refractivity contribution >= 4 is 23.6 Å². The highest BCUT2D eigenvalue weighted by atomic mass is 16.4. The van der Waals surface area contributed by atoms with Gasteiger partial charge in [0.2, 0.25) is 5.91 Å². The lowest BCUT2D eigenvalue weighted by Crippen LogP contribution is -2.11. The van der Waals surface area contributed by atoms with Gasteiger partial charge in [-0.3, -0.25) is 4.79 Å². The van der Waals surface area contributed by atoms with Crippen LogP contribution in [0.15, 0.2) is 47.1 Å². The Morgan fingerprint density at radius 1 is 1.25 bits per heavy atom. The fourth-order valence-electron chi connectivity index (χ4n) is 1.72. The van der Waals surface area contributed by atoms with Crippen molar-refractivity contribution in [3.63, 3.8) is 0 Å². The Bertz CT molecular complexity index is 657. The zero-order chi connectivity index (χ0) is 14.5. The number of rotatable bonds is 4. The van der Waals surface area contributed by atoms with Crippen LogP contribution in [0.3, 0.4) is 0 Å². The van der Waals surface area contributed by atoms with Gasteiger partial charge in [0.1, 0.15) is 5.76 Å². The first-order chi connectivity index (χ1) is 9.58. The number of carboxylic acids is 1. The summed E-state index contributed by atoms with van der Waals surface area (Å²) in [6.45, 7) is 1.65. The minimum absolute atomic E-state index is 0.165. The van der Waals surface area contributed by atoms with Gasteiger partial charge in [-0.15, -0.1) is 0 Å². The van der Waals surface area contributed by atoms with E-state index in [0.29, 0.717) is 17.0 Å². The summed E-state index contributed by atoms with van der Waals surface area (Å²) < 4.78 is 5.06. The lowest BCUT2D eigenvalue weighted by Gasteiger charge is -2.08. The number of amides is 1. The van der Waals surface area contributed by atoms with Crippen LogP contribution < -0.4 is 5.32 Å². The Morgan fingerprint density at radius 3 is 2.70 bits per heavy atom. The Hall–Kier alpha value is -2.82. The number of carbonyl (C=O) groups is 2. The van der Waals surface area contributed by atoms with Gasteiger partial charge >= 0.3 is 5.97 Å². The molecule has 0 aliphatic carbocycles. The zero-order valence-electron chi connectivity index (χ0n) is 10.8. The van der Waals surface area contributed by atoms with Gasteiger partial charge in [0.05, 0.1) is 11.8 Å². The Kier molecular flexibility index (Phi) is 4.00. The lowest BCUT2D eigenvalue weighted by atomic mass is 10.1. The average molecular weight is 271 g/mol. The van der Waals surface area contributed by atoms with E-state index in [0.717, 1.165) is 0 Å². The van der Waals surface area contributed by atoms with Gasteiger partial charge in [0.15, 0.2) is 0 Å². The van der Waals surface area contributed by atoms with Crippen molar-refractivity contribution in [1.82, 2.24) is 0 Å². The molecule has 1 heterocycles. The molecule has 1 amide bonds. The molecule has 1 aromatic carbocycles. The maximum atomic E-state index is 11.8. The molecular formula is C15H13NO4. The quantitative estimate of drug-likeness (QED) is 0.838. The number of hydrogen-bond donors (Lipinski definition) is 2. The Labute approximate surface area is 115 Å². The number of carbonyl (C=O) groups excluding carboxylic acids is 1. The van der Waals surface area contributed by atoms with E-state index in [1.165, 1.54) is 24.5 Å². The molecule has 0 atom stereocenters. The van der Waals surface area contributed by atoms with Crippen LogP contribution >= 0.6 is 0 Å². The molecule has 0 aliphatic rings. The molecule has 0 radical (unpaired) electrons. The third-order valence-electron chi connectivity index (χ3n) is 2.76. The second-order valence-corrected chi connectivity index (χ2v) is 4.12. The first-order valence-electron chi connectivity index (χ1n) is 5.93. The summed E-state index contributed by atoms with van der Waals surface area (Å²) in [4.78, 5) is 22.8. The summed E-state index contributed by atoms with van der Waals surface area (Å²) in [6, 6.07) is 8.17. The van der Waals surface area contributed by atoms with Crippen LogP contribution in [-0.4, -0.2) is 17.0 Å². The Morgan fingerprint density at radius 2 is 2.05 bits per heavy atom. The maximum Gasteiger partial charge on any atom is 0.336 e. The van der Waals surface area contributed by atoms with Gasteiger partial charge in [-0.25, -0.2) is 4.79 Å². The highest BCUT2D eigenvalue weighted by molar-refractivity contribution is 6.03. The molecular weight excluding hydrogens is 258 g/mol. The second kappa shape index (κ2) is 5.88. The highest BCUT2D eigenvalue weighted by Gasteiger charge is 2.10. The first-order valence-corrected chi connectivity index (χ1v) is 5.93. The van der Waals surface area contributed by atoms with Crippen LogP contribution in [0.1, 0.15) is 21.7 Å². The molecule has 2 N–H and O–H groups in total. The molecule has 0 fully saturated rings. The number of carboxylic acid groups (broad SMARTS) is 1. The Balaban J connectivity index is 2.12. The lowest BCUT2D eigenvalue weighted by molar-refractivity contribution is -0.111. The number of nitrogens with one attached hydrogen (secondary N) is 1. The third-order valence-corrected chi connectivity index (χ3v) is 2.76. The van der Waals surface area contributed by atoms with Crippen LogP contribution in [0.25, 0.3) is 6.08 Å². The number of aromatic carboxylic acids is 1. The molecule has 0 bridgehead atoms. The average Bonchev–Trinajstić information content (AvgIpc) is 2.91. The summed E-state index contributed by atoms with van der Waals surface area (Å²) >= 11 is 0. The van der Waals surface area contributed by atoms with E-state index >= 15 is 0 Å². The number of benzene rings is 1. The third kappa shape index (κ3) is 3.14. The van der Waals surface area contributed by atoms with Gasteiger partial charge < -0.3 is 14.8 Å². The molecule has 2 rings (SSSR count). The molecule has 0 spiro atoms.